The molecule has 1 aromatic heterocycles. The SMILES string of the molecule is CC(N)c1nc(C(=O)NCC2CC=CCC2)cs1. The summed E-state index contributed by atoms with van der Waals surface area (Å²) in [6.45, 7) is 2.60. The molecule has 98 valence electrons. The first-order chi connectivity index (χ1) is 8.66. The highest BCUT2D eigenvalue weighted by atomic mass is 32.1. The van der Waals surface area contributed by atoms with Gasteiger partial charge >= 0.3 is 0 Å². The van der Waals surface area contributed by atoms with E-state index < -0.39 is 0 Å². The van der Waals surface area contributed by atoms with Crippen LogP contribution in [-0.4, -0.2) is 17.4 Å². The van der Waals surface area contributed by atoms with Crippen molar-refractivity contribution in [3.05, 3.63) is 28.2 Å². The lowest BCUT2D eigenvalue weighted by Crippen LogP contribution is -2.30. The highest BCUT2D eigenvalue weighted by Gasteiger charge is 2.15. The molecule has 5 heteroatoms. The summed E-state index contributed by atoms with van der Waals surface area (Å²) >= 11 is 1.44. The molecule has 0 bridgehead atoms. The zero-order valence-electron chi connectivity index (χ0n) is 10.6. The van der Waals surface area contributed by atoms with Crippen molar-refractivity contribution in [3.63, 3.8) is 0 Å². The van der Waals surface area contributed by atoms with Gasteiger partial charge in [0.2, 0.25) is 0 Å². The predicted octanol–water partition coefficient (Wildman–Crippen LogP) is 2.25. The quantitative estimate of drug-likeness (QED) is 0.820. The molecular formula is C13H19N3OS. The molecule has 1 aromatic rings. The lowest BCUT2D eigenvalue weighted by atomic mass is 9.94. The third-order valence-corrected chi connectivity index (χ3v) is 4.12. The van der Waals surface area contributed by atoms with Gasteiger partial charge in [-0.1, -0.05) is 12.2 Å². The number of amides is 1. The number of hydrogen-bond donors (Lipinski definition) is 2. The van der Waals surface area contributed by atoms with Crippen LogP contribution in [-0.2, 0) is 0 Å². The number of nitrogens with two attached hydrogens (primary N) is 1. The second-order valence-electron chi connectivity index (χ2n) is 4.72. The van der Waals surface area contributed by atoms with Crippen molar-refractivity contribution < 1.29 is 4.79 Å². The molecule has 0 radical (unpaired) electrons. The Morgan fingerprint density at radius 2 is 2.50 bits per heavy atom. The van der Waals surface area contributed by atoms with Gasteiger partial charge in [0.15, 0.2) is 0 Å². The molecule has 1 amide bonds. The number of nitrogens with zero attached hydrogens (tertiary/aromatic N) is 1. The third-order valence-electron chi connectivity index (χ3n) is 3.07. The van der Waals surface area contributed by atoms with Crippen LogP contribution in [0.25, 0.3) is 0 Å². The van der Waals surface area contributed by atoms with Gasteiger partial charge in [0, 0.05) is 11.9 Å². The first-order valence-corrected chi connectivity index (χ1v) is 7.19. The van der Waals surface area contributed by atoms with E-state index in [-0.39, 0.29) is 11.9 Å². The van der Waals surface area contributed by atoms with Crippen molar-refractivity contribution >= 4 is 17.2 Å². The minimum absolute atomic E-state index is 0.0901. The molecule has 18 heavy (non-hydrogen) atoms. The second-order valence-corrected chi connectivity index (χ2v) is 5.61. The van der Waals surface area contributed by atoms with E-state index in [0.717, 1.165) is 30.8 Å². The van der Waals surface area contributed by atoms with Crippen LogP contribution in [0.5, 0.6) is 0 Å². The topological polar surface area (TPSA) is 68.0 Å². The van der Waals surface area contributed by atoms with Crippen molar-refractivity contribution in [3.8, 4) is 0 Å². The Labute approximate surface area is 111 Å². The van der Waals surface area contributed by atoms with Gasteiger partial charge < -0.3 is 11.1 Å². The second kappa shape index (κ2) is 6.11. The molecule has 1 heterocycles. The maximum absolute atomic E-state index is 11.9. The van der Waals surface area contributed by atoms with Crippen LogP contribution >= 0.6 is 11.3 Å². The fraction of sp³-hybridized carbons (Fsp3) is 0.538. The van der Waals surface area contributed by atoms with Crippen molar-refractivity contribution in [2.24, 2.45) is 11.7 Å². The van der Waals surface area contributed by atoms with Crippen LogP contribution in [0.15, 0.2) is 17.5 Å². The Morgan fingerprint density at radius 3 is 3.11 bits per heavy atom. The first-order valence-electron chi connectivity index (χ1n) is 6.31. The average Bonchev–Trinajstić information content (AvgIpc) is 2.87. The zero-order chi connectivity index (χ0) is 13.0. The molecule has 0 saturated carbocycles. The summed E-state index contributed by atoms with van der Waals surface area (Å²) in [7, 11) is 0. The molecule has 0 aliphatic heterocycles. The molecule has 0 fully saturated rings. The number of hydrogen-bond acceptors (Lipinski definition) is 4. The highest BCUT2D eigenvalue weighted by molar-refractivity contribution is 7.09. The van der Waals surface area contributed by atoms with Gasteiger partial charge in [-0.3, -0.25) is 4.79 Å². The highest BCUT2D eigenvalue weighted by Crippen LogP contribution is 2.18. The minimum atomic E-state index is -0.111. The van der Waals surface area contributed by atoms with E-state index in [1.807, 2.05) is 6.92 Å². The van der Waals surface area contributed by atoms with Gasteiger partial charge in [0.25, 0.3) is 5.91 Å². The monoisotopic (exact) mass is 265 g/mol. The van der Waals surface area contributed by atoms with Crippen LogP contribution in [0.1, 0.15) is 47.7 Å². The van der Waals surface area contributed by atoms with E-state index >= 15 is 0 Å². The molecule has 1 aliphatic rings. The van der Waals surface area contributed by atoms with Crippen molar-refractivity contribution in [1.29, 1.82) is 0 Å². The summed E-state index contributed by atoms with van der Waals surface area (Å²) in [6, 6.07) is -0.111. The first kappa shape index (κ1) is 13.2. The number of carbonyl (C=O) groups excluding carboxylic acids is 1. The van der Waals surface area contributed by atoms with Crippen LogP contribution in [0.3, 0.4) is 0 Å². The normalized spacial score (nSPS) is 20.7. The fourth-order valence-corrected chi connectivity index (χ4v) is 2.73. The summed E-state index contributed by atoms with van der Waals surface area (Å²) < 4.78 is 0. The molecule has 2 rings (SSSR count). The van der Waals surface area contributed by atoms with Gasteiger partial charge in [-0.25, -0.2) is 4.98 Å². The van der Waals surface area contributed by atoms with Crippen LogP contribution in [0.2, 0.25) is 0 Å². The largest absolute Gasteiger partial charge is 0.350 e. The molecule has 1 aliphatic carbocycles. The summed E-state index contributed by atoms with van der Waals surface area (Å²) in [5, 5.41) is 5.53. The average molecular weight is 265 g/mol. The molecule has 4 nitrogen and oxygen atoms in total. The van der Waals surface area contributed by atoms with Gasteiger partial charge in [-0.2, -0.15) is 0 Å². The van der Waals surface area contributed by atoms with Crippen LogP contribution in [0, 0.1) is 5.92 Å². The van der Waals surface area contributed by atoms with E-state index in [9.17, 15) is 4.79 Å². The lowest BCUT2D eigenvalue weighted by molar-refractivity contribution is 0.0941. The number of rotatable bonds is 4. The standard InChI is InChI=1S/C13H19N3OS/c1-9(14)13-16-11(8-18-13)12(17)15-7-10-5-3-2-4-6-10/h2-3,8-10H,4-7,14H2,1H3,(H,15,17). The van der Waals surface area contributed by atoms with E-state index in [4.69, 9.17) is 5.73 Å². The Balaban J connectivity index is 1.85. The number of aromatic nitrogens is 1. The van der Waals surface area contributed by atoms with Crippen LogP contribution in [0.4, 0.5) is 0 Å². The lowest BCUT2D eigenvalue weighted by Gasteiger charge is -2.17. The van der Waals surface area contributed by atoms with Gasteiger partial charge in [0.1, 0.15) is 10.7 Å². The summed E-state index contributed by atoms with van der Waals surface area (Å²) in [5.41, 5.74) is 6.21. The van der Waals surface area contributed by atoms with E-state index in [1.165, 1.54) is 11.3 Å². The third kappa shape index (κ3) is 3.40. The van der Waals surface area contributed by atoms with Crippen molar-refractivity contribution in [1.82, 2.24) is 10.3 Å². The number of allylic oxidation sites excluding steroid dienone is 2. The molecular weight excluding hydrogens is 246 g/mol. The van der Waals surface area contributed by atoms with E-state index in [2.05, 4.69) is 22.5 Å². The van der Waals surface area contributed by atoms with Gasteiger partial charge in [0.05, 0.1) is 6.04 Å². The Morgan fingerprint density at radius 1 is 1.67 bits per heavy atom. The van der Waals surface area contributed by atoms with Crippen molar-refractivity contribution in [2.45, 2.75) is 32.2 Å². The maximum atomic E-state index is 11.9. The van der Waals surface area contributed by atoms with E-state index in [0.29, 0.717) is 11.6 Å². The summed E-state index contributed by atoms with van der Waals surface area (Å²) in [4.78, 5) is 16.1. The molecule has 2 unspecified atom stereocenters. The maximum Gasteiger partial charge on any atom is 0.270 e. The molecule has 0 saturated heterocycles. The van der Waals surface area contributed by atoms with Crippen molar-refractivity contribution in [2.75, 3.05) is 6.54 Å². The van der Waals surface area contributed by atoms with E-state index in [1.54, 1.807) is 5.38 Å². The molecule has 0 spiro atoms. The number of carbonyl (C=O) groups is 1. The Kier molecular flexibility index (Phi) is 4.49. The minimum Gasteiger partial charge on any atom is -0.350 e. The molecule has 0 aromatic carbocycles. The Hall–Kier alpha value is -1.20. The zero-order valence-corrected chi connectivity index (χ0v) is 11.4. The Bertz CT molecular complexity index is 439. The number of nitrogens with one attached hydrogen (secondary N) is 1. The predicted molar refractivity (Wildman–Crippen MR) is 73.5 cm³/mol. The smallest absolute Gasteiger partial charge is 0.270 e. The van der Waals surface area contributed by atoms with Crippen LogP contribution < -0.4 is 11.1 Å². The molecule has 2 atom stereocenters. The van der Waals surface area contributed by atoms with Gasteiger partial charge in [-0.05, 0) is 32.1 Å². The molecule has 3 N–H and O–H groups in total. The number of thiazole rings is 1. The fourth-order valence-electron chi connectivity index (χ4n) is 1.97. The van der Waals surface area contributed by atoms with Gasteiger partial charge in [-0.15, -0.1) is 11.3 Å². The summed E-state index contributed by atoms with van der Waals surface area (Å²) in [6.07, 6.45) is 7.72. The summed E-state index contributed by atoms with van der Waals surface area (Å²) in [5.74, 6) is 0.471.